The second-order valence-electron chi connectivity index (χ2n) is 14.6. The van der Waals surface area contributed by atoms with Gasteiger partial charge in [-0.1, -0.05) is 54.6 Å². The van der Waals surface area contributed by atoms with Crippen LogP contribution in [0.15, 0.2) is 78.9 Å². The molecule has 18 nitrogen and oxygen atoms in total. The van der Waals surface area contributed by atoms with Crippen LogP contribution in [0.4, 0.5) is 0 Å². The highest BCUT2D eigenvalue weighted by Gasteiger charge is 2.60. The quantitative estimate of drug-likeness (QED) is 0.138. The maximum absolute atomic E-state index is 14.4. The first-order valence-electron chi connectivity index (χ1n) is 19.5. The Balaban J connectivity index is 1.34. The highest BCUT2D eigenvalue weighted by Crippen LogP contribution is 2.42. The molecule has 0 aliphatic carbocycles. The maximum atomic E-state index is 14.4. The van der Waals surface area contributed by atoms with Crippen molar-refractivity contribution in [3.63, 3.8) is 0 Å². The van der Waals surface area contributed by atoms with E-state index in [-0.39, 0.29) is 24.3 Å². The zero-order valence-corrected chi connectivity index (χ0v) is 33.9. The van der Waals surface area contributed by atoms with Crippen molar-refractivity contribution in [2.24, 2.45) is 0 Å². The van der Waals surface area contributed by atoms with E-state index in [2.05, 4.69) is 0 Å². The van der Waals surface area contributed by atoms with Crippen molar-refractivity contribution in [2.75, 3.05) is 20.3 Å². The highest BCUT2D eigenvalue weighted by molar-refractivity contribution is 6.21. The number of benzene rings is 3. The summed E-state index contributed by atoms with van der Waals surface area (Å²) in [5, 5.41) is 0. The topological polar surface area (TPSA) is 207 Å². The molecule has 0 spiro atoms. The molecule has 18 heteroatoms. The van der Waals surface area contributed by atoms with Crippen LogP contribution in [0.2, 0.25) is 0 Å². The fourth-order valence-electron chi connectivity index (χ4n) is 7.74. The Morgan fingerprint density at radius 3 is 1.89 bits per heavy atom. The first-order valence-corrected chi connectivity index (χ1v) is 19.5. The van der Waals surface area contributed by atoms with Crippen molar-refractivity contribution in [1.29, 1.82) is 0 Å². The molecule has 1 unspecified atom stereocenters. The Morgan fingerprint density at radius 2 is 1.28 bits per heavy atom. The first-order chi connectivity index (χ1) is 29.3. The minimum absolute atomic E-state index is 0.0775. The number of esters is 4. The van der Waals surface area contributed by atoms with E-state index in [1.807, 2.05) is 6.07 Å². The summed E-state index contributed by atoms with van der Waals surface area (Å²) in [7, 11) is 1.53. The highest BCUT2D eigenvalue weighted by atomic mass is 16.8. The van der Waals surface area contributed by atoms with E-state index in [1.54, 1.807) is 60.7 Å². The van der Waals surface area contributed by atoms with Crippen molar-refractivity contribution in [3.05, 3.63) is 101 Å². The smallest absolute Gasteiger partial charge is 0.303 e. The number of fused-ring (bicyclic) bond motifs is 2. The summed E-state index contributed by atoms with van der Waals surface area (Å²) >= 11 is 0. The fraction of sp³-hybridized carbons (Fsp3) is 0.442. The minimum atomic E-state index is -1.74. The van der Waals surface area contributed by atoms with E-state index in [9.17, 15) is 28.8 Å². The van der Waals surface area contributed by atoms with Crippen LogP contribution in [0.1, 0.15) is 65.8 Å². The number of nitrogens with zero attached hydrogens (tertiary/aromatic N) is 1. The summed E-state index contributed by atoms with van der Waals surface area (Å²) in [5.74, 6) is -4.03. The Kier molecular flexibility index (Phi) is 13.4. The van der Waals surface area contributed by atoms with Crippen LogP contribution < -0.4 is 4.74 Å². The molecule has 3 saturated heterocycles. The van der Waals surface area contributed by atoms with Crippen molar-refractivity contribution < 1.29 is 80.9 Å². The van der Waals surface area contributed by atoms with E-state index >= 15 is 0 Å². The van der Waals surface area contributed by atoms with Gasteiger partial charge in [-0.2, -0.15) is 0 Å². The molecule has 0 saturated carbocycles. The third-order valence-electron chi connectivity index (χ3n) is 10.3. The number of hydrogen-bond acceptors (Lipinski definition) is 17. The molecule has 0 N–H and O–H groups in total. The number of hydrogen-bond donors (Lipinski definition) is 0. The average molecular weight is 848 g/mol. The van der Waals surface area contributed by atoms with Gasteiger partial charge in [0.15, 0.2) is 37.2 Å². The lowest BCUT2D eigenvalue weighted by atomic mass is 9.93. The normalized spacial score (nSPS) is 29.5. The summed E-state index contributed by atoms with van der Waals surface area (Å²) in [6, 6.07) is 20.8. The van der Waals surface area contributed by atoms with Gasteiger partial charge in [0.05, 0.1) is 31.5 Å². The molecule has 0 radical (unpaired) electrons. The Morgan fingerprint density at radius 1 is 0.672 bits per heavy atom. The lowest BCUT2D eigenvalue weighted by molar-refractivity contribution is -0.383. The summed E-state index contributed by atoms with van der Waals surface area (Å²) < 4.78 is 66.5. The predicted octanol–water partition coefficient (Wildman–Crippen LogP) is 3.18. The van der Waals surface area contributed by atoms with Gasteiger partial charge in [0.2, 0.25) is 0 Å². The molecule has 4 heterocycles. The van der Waals surface area contributed by atoms with Crippen molar-refractivity contribution in [2.45, 2.75) is 102 Å². The van der Waals surface area contributed by atoms with Gasteiger partial charge in [-0.25, -0.2) is 0 Å². The molecule has 2 amide bonds. The molecule has 61 heavy (non-hydrogen) atoms. The third kappa shape index (κ3) is 9.59. The third-order valence-corrected chi connectivity index (χ3v) is 10.3. The average Bonchev–Trinajstić information content (AvgIpc) is 3.49. The maximum Gasteiger partial charge on any atom is 0.303 e. The van der Waals surface area contributed by atoms with Crippen molar-refractivity contribution in [3.8, 4) is 5.75 Å². The zero-order chi connectivity index (χ0) is 43.4. The van der Waals surface area contributed by atoms with E-state index in [4.69, 9.17) is 52.1 Å². The second kappa shape index (κ2) is 18.9. The number of rotatable bonds is 13. The van der Waals surface area contributed by atoms with Gasteiger partial charge < -0.3 is 52.1 Å². The number of ether oxygens (including phenoxy) is 11. The first kappa shape index (κ1) is 43.3. The van der Waals surface area contributed by atoms with Crippen LogP contribution in [-0.2, 0) is 73.2 Å². The van der Waals surface area contributed by atoms with Gasteiger partial charge in [0.1, 0.15) is 42.8 Å². The molecular weight excluding hydrogens is 802 g/mol. The van der Waals surface area contributed by atoms with Crippen LogP contribution in [0.5, 0.6) is 5.75 Å². The Labute approximate surface area is 350 Å². The lowest BCUT2D eigenvalue weighted by Gasteiger charge is -2.52. The molecule has 324 valence electrons. The zero-order valence-electron chi connectivity index (χ0n) is 33.9. The Bertz CT molecular complexity index is 2060. The number of imide groups is 1. The van der Waals surface area contributed by atoms with Crippen molar-refractivity contribution in [1.82, 2.24) is 4.90 Å². The van der Waals surface area contributed by atoms with Gasteiger partial charge in [-0.05, 0) is 29.8 Å². The summed E-state index contributed by atoms with van der Waals surface area (Å²) in [4.78, 5) is 79.8. The van der Waals surface area contributed by atoms with E-state index in [0.717, 1.165) is 32.6 Å². The second-order valence-corrected chi connectivity index (χ2v) is 14.6. The SMILES string of the molecule is COc1ccc(CO[C@@H]2O[C@@H]3COC(c4ccccc4)O[C@H]3[C@H](O[C@@H]3O[C@H](COC(C)=O)[C@H](OC(C)=O)[C@H](OC(C)=O)[C@H]3OC(C)=O)[C@H]2N2C(=O)c3ccccc3C2=O)cc1. The number of methoxy groups -OCH3 is 1. The predicted molar refractivity (Wildman–Crippen MR) is 204 cm³/mol. The molecule has 7 rings (SSSR count). The van der Waals surface area contributed by atoms with Gasteiger partial charge >= 0.3 is 23.9 Å². The standard InChI is InChI=1S/C43H45NO17/c1-22(45)52-20-31-35(55-23(2)46)37(56-24(3)47)38(57-25(4)48)43(59-31)61-36-33(44-39(49)29-13-9-10-14-30(29)40(44)50)42(53-19-26-15-17-28(51-5)18-16-26)58-32-21-54-41(60-34(32)36)27-11-7-6-8-12-27/h6-18,31-38,41-43H,19-21H2,1-5H3/t31-,32-,33-,34-,35+,36-,37+,38-,41?,42-,43+/m1/s1. The summed E-state index contributed by atoms with van der Waals surface area (Å²) in [6.07, 6.45) is -13.8. The van der Waals surface area contributed by atoms with E-state index in [0.29, 0.717) is 16.9 Å². The lowest BCUT2D eigenvalue weighted by Crippen LogP contribution is -2.70. The molecule has 4 aliphatic heterocycles. The Hall–Kier alpha value is -5.76. The summed E-state index contributed by atoms with van der Waals surface area (Å²) in [6.45, 7) is 3.74. The van der Waals surface area contributed by atoms with Crippen LogP contribution >= 0.6 is 0 Å². The van der Waals surface area contributed by atoms with Gasteiger partial charge in [-0.15, -0.1) is 0 Å². The molecule has 4 aliphatic rings. The van der Waals surface area contributed by atoms with E-state index in [1.165, 1.54) is 19.2 Å². The van der Waals surface area contributed by atoms with Crippen molar-refractivity contribution >= 4 is 35.7 Å². The molecule has 3 aromatic carbocycles. The largest absolute Gasteiger partial charge is 0.497 e. The van der Waals surface area contributed by atoms with Crippen LogP contribution in [-0.4, -0.2) is 122 Å². The number of carbonyl (C=O) groups excluding carboxylic acids is 6. The van der Waals surface area contributed by atoms with Crippen LogP contribution in [0, 0.1) is 0 Å². The molecule has 11 atom stereocenters. The minimum Gasteiger partial charge on any atom is -0.497 e. The van der Waals surface area contributed by atoms with Gasteiger partial charge in [0, 0.05) is 33.3 Å². The number of carbonyl (C=O) groups is 6. The van der Waals surface area contributed by atoms with Crippen LogP contribution in [0.25, 0.3) is 0 Å². The molecule has 0 bridgehead atoms. The van der Waals surface area contributed by atoms with E-state index < -0.39 is 110 Å². The summed E-state index contributed by atoms with van der Waals surface area (Å²) in [5.41, 5.74) is 1.54. The van der Waals surface area contributed by atoms with Crippen LogP contribution in [0.3, 0.4) is 0 Å². The monoisotopic (exact) mass is 847 g/mol. The molecule has 0 aromatic heterocycles. The van der Waals surface area contributed by atoms with Gasteiger partial charge in [0.25, 0.3) is 11.8 Å². The fourth-order valence-corrected chi connectivity index (χ4v) is 7.74. The molecule has 3 fully saturated rings. The molecule has 3 aromatic rings. The van der Waals surface area contributed by atoms with Gasteiger partial charge in [-0.3, -0.25) is 33.7 Å². The number of amides is 2. The molecular formula is C43H45NO17.